The zero-order valence-corrected chi connectivity index (χ0v) is 19.3. The molecule has 0 aliphatic carbocycles. The summed E-state index contributed by atoms with van der Waals surface area (Å²) in [6.07, 6.45) is 1.09. The van der Waals surface area contributed by atoms with Gasteiger partial charge in [0, 0.05) is 19.1 Å². The lowest BCUT2D eigenvalue weighted by Crippen LogP contribution is -2.47. The van der Waals surface area contributed by atoms with Crippen LogP contribution in [0.2, 0.25) is 0 Å². The largest absolute Gasteiger partial charge is 0.495 e. The molecule has 1 saturated heterocycles. The summed E-state index contributed by atoms with van der Waals surface area (Å²) in [6, 6.07) is 10.7. The average molecular weight is 447 g/mol. The number of ether oxygens (including phenoxy) is 2. The van der Waals surface area contributed by atoms with Crippen LogP contribution in [0.15, 0.2) is 41.3 Å². The monoisotopic (exact) mass is 446 g/mol. The van der Waals surface area contributed by atoms with Crippen LogP contribution in [0.3, 0.4) is 0 Å². The first-order valence-electron chi connectivity index (χ1n) is 10.3. The Bertz CT molecular complexity index is 1030. The van der Waals surface area contributed by atoms with E-state index in [1.807, 2.05) is 45.0 Å². The lowest BCUT2D eigenvalue weighted by Gasteiger charge is -2.32. The third-order valence-electron chi connectivity index (χ3n) is 5.62. The predicted molar refractivity (Wildman–Crippen MR) is 119 cm³/mol. The van der Waals surface area contributed by atoms with Gasteiger partial charge in [-0.3, -0.25) is 4.79 Å². The molecule has 0 radical (unpaired) electrons. The van der Waals surface area contributed by atoms with Gasteiger partial charge in [0.1, 0.15) is 16.4 Å². The Balaban J connectivity index is 1.55. The molecule has 1 aliphatic rings. The summed E-state index contributed by atoms with van der Waals surface area (Å²) >= 11 is 0. The minimum absolute atomic E-state index is 0.0285. The standard InChI is InChI=1S/C23H30N2O5S/c1-16-5-7-20(8-6-16)30-15-23(26)25-11-9-19(10-12-25)24-31(27,28)22-14-18(3)17(2)13-21(22)29-4/h5-8,13-14,19,24H,9-12,15H2,1-4H3. The Labute approximate surface area is 184 Å². The van der Waals surface area contributed by atoms with Crippen molar-refractivity contribution in [3.05, 3.63) is 53.1 Å². The number of carbonyl (C=O) groups is 1. The number of rotatable bonds is 7. The number of carbonyl (C=O) groups excluding carboxylic acids is 1. The highest BCUT2D eigenvalue weighted by atomic mass is 32.2. The third kappa shape index (κ3) is 5.77. The van der Waals surface area contributed by atoms with Crippen molar-refractivity contribution in [1.29, 1.82) is 0 Å². The van der Waals surface area contributed by atoms with Crippen LogP contribution < -0.4 is 14.2 Å². The van der Waals surface area contributed by atoms with Crippen molar-refractivity contribution >= 4 is 15.9 Å². The lowest BCUT2D eigenvalue weighted by molar-refractivity contribution is -0.134. The van der Waals surface area contributed by atoms with Gasteiger partial charge in [0.05, 0.1) is 7.11 Å². The molecular weight excluding hydrogens is 416 g/mol. The van der Waals surface area contributed by atoms with Crippen LogP contribution in [0.4, 0.5) is 0 Å². The van der Waals surface area contributed by atoms with Gasteiger partial charge in [-0.25, -0.2) is 13.1 Å². The van der Waals surface area contributed by atoms with E-state index in [1.54, 1.807) is 17.0 Å². The first-order valence-corrected chi connectivity index (χ1v) is 11.8. The number of hydrogen-bond acceptors (Lipinski definition) is 5. The smallest absolute Gasteiger partial charge is 0.260 e. The number of benzene rings is 2. The van der Waals surface area contributed by atoms with Crippen molar-refractivity contribution in [2.75, 3.05) is 26.8 Å². The van der Waals surface area contributed by atoms with E-state index >= 15 is 0 Å². The Morgan fingerprint density at radius 3 is 2.29 bits per heavy atom. The van der Waals surface area contributed by atoms with E-state index in [0.717, 1.165) is 16.7 Å². The molecule has 8 heteroatoms. The number of nitrogens with one attached hydrogen (secondary N) is 1. The molecule has 1 heterocycles. The molecule has 1 aliphatic heterocycles. The maximum Gasteiger partial charge on any atom is 0.260 e. The molecule has 0 unspecified atom stereocenters. The van der Waals surface area contributed by atoms with Gasteiger partial charge in [0.25, 0.3) is 5.91 Å². The SMILES string of the molecule is COc1cc(C)c(C)cc1S(=O)(=O)NC1CCN(C(=O)COc2ccc(C)cc2)CC1. The Morgan fingerprint density at radius 1 is 1.06 bits per heavy atom. The molecule has 2 aromatic carbocycles. The van der Waals surface area contributed by atoms with Gasteiger partial charge in [-0.05, 0) is 69.0 Å². The van der Waals surface area contributed by atoms with Crippen molar-refractivity contribution in [2.45, 2.75) is 44.6 Å². The highest BCUT2D eigenvalue weighted by molar-refractivity contribution is 7.89. The zero-order chi connectivity index (χ0) is 22.6. The van der Waals surface area contributed by atoms with Crippen LogP contribution in [0.1, 0.15) is 29.5 Å². The van der Waals surface area contributed by atoms with E-state index in [9.17, 15) is 13.2 Å². The maximum absolute atomic E-state index is 13.0. The van der Waals surface area contributed by atoms with Crippen molar-refractivity contribution in [1.82, 2.24) is 9.62 Å². The molecule has 31 heavy (non-hydrogen) atoms. The van der Waals surface area contributed by atoms with Crippen molar-refractivity contribution in [3.63, 3.8) is 0 Å². The van der Waals surface area contributed by atoms with Crippen LogP contribution in [-0.4, -0.2) is 52.1 Å². The van der Waals surface area contributed by atoms with E-state index in [2.05, 4.69) is 4.72 Å². The van der Waals surface area contributed by atoms with Crippen LogP contribution in [-0.2, 0) is 14.8 Å². The minimum atomic E-state index is -3.73. The number of hydrogen-bond donors (Lipinski definition) is 1. The maximum atomic E-state index is 13.0. The Hall–Kier alpha value is -2.58. The Morgan fingerprint density at radius 2 is 1.68 bits per heavy atom. The van der Waals surface area contributed by atoms with Crippen molar-refractivity contribution < 1.29 is 22.7 Å². The first kappa shape index (κ1) is 23.1. The van der Waals surface area contributed by atoms with Crippen LogP contribution in [0.5, 0.6) is 11.5 Å². The second kappa shape index (κ2) is 9.70. The summed E-state index contributed by atoms with van der Waals surface area (Å²) in [6.45, 7) is 6.71. The van der Waals surface area contributed by atoms with Crippen LogP contribution in [0, 0.1) is 20.8 Å². The highest BCUT2D eigenvalue weighted by Gasteiger charge is 2.28. The fourth-order valence-electron chi connectivity index (χ4n) is 3.53. The molecule has 0 bridgehead atoms. The summed E-state index contributed by atoms with van der Waals surface area (Å²) < 4.78 is 39.5. The van der Waals surface area contributed by atoms with E-state index < -0.39 is 10.0 Å². The van der Waals surface area contributed by atoms with Gasteiger partial charge in [-0.2, -0.15) is 0 Å². The van der Waals surface area contributed by atoms with E-state index in [-0.39, 0.29) is 23.5 Å². The van der Waals surface area contributed by atoms with Gasteiger partial charge < -0.3 is 14.4 Å². The van der Waals surface area contributed by atoms with Gasteiger partial charge in [0.2, 0.25) is 10.0 Å². The molecule has 1 N–H and O–H groups in total. The fraction of sp³-hybridized carbons (Fsp3) is 0.435. The number of nitrogens with zero attached hydrogens (tertiary/aromatic N) is 1. The average Bonchev–Trinajstić information content (AvgIpc) is 2.75. The van der Waals surface area contributed by atoms with Crippen molar-refractivity contribution in [3.8, 4) is 11.5 Å². The van der Waals surface area contributed by atoms with E-state index in [0.29, 0.717) is 37.4 Å². The topological polar surface area (TPSA) is 84.9 Å². The number of likely N-dealkylation sites (tertiary alicyclic amines) is 1. The number of aryl methyl sites for hydroxylation is 3. The Kier molecular flexibility index (Phi) is 7.23. The second-order valence-electron chi connectivity index (χ2n) is 7.97. The minimum Gasteiger partial charge on any atom is -0.495 e. The van der Waals surface area contributed by atoms with E-state index in [4.69, 9.17) is 9.47 Å². The molecule has 0 atom stereocenters. The molecule has 7 nitrogen and oxygen atoms in total. The van der Waals surface area contributed by atoms with Crippen LogP contribution >= 0.6 is 0 Å². The summed E-state index contributed by atoms with van der Waals surface area (Å²) in [5.41, 5.74) is 2.98. The number of amides is 1. The lowest BCUT2D eigenvalue weighted by atomic mass is 10.1. The normalized spacial score (nSPS) is 15.0. The summed E-state index contributed by atoms with van der Waals surface area (Å²) in [5, 5.41) is 0. The van der Waals surface area contributed by atoms with Gasteiger partial charge >= 0.3 is 0 Å². The third-order valence-corrected chi connectivity index (χ3v) is 7.16. The molecule has 0 spiro atoms. The molecule has 168 valence electrons. The van der Waals surface area contributed by atoms with E-state index in [1.165, 1.54) is 7.11 Å². The molecule has 3 rings (SSSR count). The number of piperidine rings is 1. The number of methoxy groups -OCH3 is 1. The molecule has 1 amide bonds. The quantitative estimate of drug-likeness (QED) is 0.707. The summed E-state index contributed by atoms with van der Waals surface area (Å²) in [7, 11) is -2.27. The van der Waals surface area contributed by atoms with Crippen LogP contribution in [0.25, 0.3) is 0 Å². The molecule has 1 fully saturated rings. The fourth-order valence-corrected chi connectivity index (χ4v) is 5.07. The first-order chi connectivity index (χ1) is 14.7. The molecule has 0 saturated carbocycles. The number of sulfonamides is 1. The predicted octanol–water partition coefficient (Wildman–Crippen LogP) is 2.97. The van der Waals surface area contributed by atoms with Gasteiger partial charge in [-0.15, -0.1) is 0 Å². The molecular formula is C23H30N2O5S. The van der Waals surface area contributed by atoms with Gasteiger partial charge in [0.15, 0.2) is 6.61 Å². The van der Waals surface area contributed by atoms with Crippen molar-refractivity contribution in [2.24, 2.45) is 0 Å². The second-order valence-corrected chi connectivity index (χ2v) is 9.65. The van der Waals surface area contributed by atoms with Gasteiger partial charge in [-0.1, -0.05) is 17.7 Å². The summed E-state index contributed by atoms with van der Waals surface area (Å²) in [4.78, 5) is 14.3. The molecule has 0 aromatic heterocycles. The molecule has 2 aromatic rings. The zero-order valence-electron chi connectivity index (χ0n) is 18.5. The summed E-state index contributed by atoms with van der Waals surface area (Å²) in [5.74, 6) is 0.887. The highest BCUT2D eigenvalue weighted by Crippen LogP contribution is 2.28.